The van der Waals surface area contributed by atoms with E-state index in [2.05, 4.69) is 15.4 Å². The molecule has 0 aliphatic rings. The van der Waals surface area contributed by atoms with Crippen molar-refractivity contribution in [3.05, 3.63) is 68.9 Å². The Hall–Kier alpha value is -3.64. The van der Waals surface area contributed by atoms with Gasteiger partial charge in [-0.05, 0) is 55.3 Å². The Labute approximate surface area is 205 Å². The maximum Gasteiger partial charge on any atom is 0.433 e. The van der Waals surface area contributed by atoms with Gasteiger partial charge in [-0.2, -0.15) is 18.3 Å². The van der Waals surface area contributed by atoms with Crippen LogP contribution in [0.5, 0.6) is 5.75 Å². The molecule has 4 aromatic rings. The predicted molar refractivity (Wildman–Crippen MR) is 125 cm³/mol. The molecule has 0 bridgehead atoms. The van der Waals surface area contributed by atoms with Crippen LogP contribution in [-0.2, 0) is 12.9 Å². The Morgan fingerprint density at radius 2 is 1.94 bits per heavy atom. The summed E-state index contributed by atoms with van der Waals surface area (Å²) in [4.78, 5) is 28.2. The van der Waals surface area contributed by atoms with Gasteiger partial charge in [0.1, 0.15) is 21.2 Å². The van der Waals surface area contributed by atoms with Crippen molar-refractivity contribution in [1.82, 2.24) is 14.8 Å². The fraction of sp³-hybridized carbons (Fsp3) is 0.182. The first-order valence-corrected chi connectivity index (χ1v) is 11.2. The van der Waals surface area contributed by atoms with Crippen molar-refractivity contribution in [2.75, 3.05) is 5.32 Å². The molecule has 3 N–H and O–H groups in total. The number of hydrogen-bond acceptors (Lipinski definition) is 6. The summed E-state index contributed by atoms with van der Waals surface area (Å²) < 4.78 is 46.5. The van der Waals surface area contributed by atoms with Gasteiger partial charge in [0, 0.05) is 16.6 Å². The summed E-state index contributed by atoms with van der Waals surface area (Å²) in [6.45, 7) is 3.27. The summed E-state index contributed by atoms with van der Waals surface area (Å²) in [5, 5.41) is 7.50. The van der Waals surface area contributed by atoms with Gasteiger partial charge >= 0.3 is 6.18 Å². The van der Waals surface area contributed by atoms with E-state index in [4.69, 9.17) is 22.1 Å². The van der Waals surface area contributed by atoms with Crippen LogP contribution in [0, 0.1) is 13.8 Å². The van der Waals surface area contributed by atoms with Crippen LogP contribution in [-0.4, -0.2) is 26.6 Å². The molecule has 0 fully saturated rings. The number of nitrogens with two attached hydrogens (primary N) is 1. The first kappa shape index (κ1) is 24.5. The minimum absolute atomic E-state index is 0.00547. The number of pyridine rings is 1. The van der Waals surface area contributed by atoms with Gasteiger partial charge in [0.15, 0.2) is 12.4 Å². The lowest BCUT2D eigenvalue weighted by molar-refractivity contribution is -0.141. The average molecular weight is 524 g/mol. The number of alkyl halides is 3. The maximum absolute atomic E-state index is 13.2. The molecule has 0 aliphatic carbocycles. The molecule has 0 radical (unpaired) electrons. The normalized spacial score (nSPS) is 11.6. The molecule has 0 saturated carbocycles. The molecular formula is C22H17ClF3N5O3S. The number of anilines is 1. The van der Waals surface area contributed by atoms with Crippen molar-refractivity contribution < 1.29 is 27.5 Å². The van der Waals surface area contributed by atoms with Crippen LogP contribution >= 0.6 is 22.9 Å². The van der Waals surface area contributed by atoms with E-state index >= 15 is 0 Å². The minimum Gasteiger partial charge on any atom is -0.471 e. The molecule has 0 aliphatic heterocycles. The summed E-state index contributed by atoms with van der Waals surface area (Å²) in [6, 6.07) is 7.43. The first-order valence-electron chi connectivity index (χ1n) is 9.99. The third-order valence-electron chi connectivity index (χ3n) is 4.98. The number of halogens is 4. The number of carbonyl (C=O) groups is 2. The van der Waals surface area contributed by atoms with Gasteiger partial charge in [-0.25, -0.2) is 9.67 Å². The molecule has 0 saturated heterocycles. The van der Waals surface area contributed by atoms with E-state index in [0.29, 0.717) is 22.1 Å². The topological polar surface area (TPSA) is 112 Å². The van der Waals surface area contributed by atoms with Crippen molar-refractivity contribution >= 4 is 50.7 Å². The Balaban J connectivity index is 1.58. The van der Waals surface area contributed by atoms with Gasteiger partial charge < -0.3 is 15.8 Å². The number of primary amides is 1. The second-order valence-corrected chi connectivity index (χ2v) is 8.96. The standard InChI is InChI=1S/C22H17ClF3N5O3S/c1-10-7-12(3-4-13(10)23)34-9-31-6-5-14(30-31)20(33)29-17-16-11(2)8-15(22(24,25)26)28-21(16)35-18(17)19(27)32/h3-8H,9H2,1-2H3,(H2,27,32)(H,29,33). The predicted octanol–water partition coefficient (Wildman–Crippen LogP) is 5.17. The second kappa shape index (κ2) is 9.19. The van der Waals surface area contributed by atoms with Crippen LogP contribution in [0.15, 0.2) is 36.5 Å². The average Bonchev–Trinajstić information content (AvgIpc) is 3.39. The zero-order valence-electron chi connectivity index (χ0n) is 18.2. The summed E-state index contributed by atoms with van der Waals surface area (Å²) >= 11 is 6.67. The molecule has 4 rings (SSSR count). The van der Waals surface area contributed by atoms with E-state index in [-0.39, 0.29) is 38.8 Å². The van der Waals surface area contributed by atoms with Gasteiger partial charge in [-0.3, -0.25) is 9.59 Å². The van der Waals surface area contributed by atoms with Crippen molar-refractivity contribution in [1.29, 1.82) is 0 Å². The Bertz CT molecular complexity index is 1460. The van der Waals surface area contributed by atoms with Crippen LogP contribution in [0.2, 0.25) is 5.02 Å². The molecular weight excluding hydrogens is 507 g/mol. The lowest BCUT2D eigenvalue weighted by atomic mass is 10.1. The number of aryl methyl sites for hydroxylation is 2. The molecule has 0 unspecified atom stereocenters. The van der Waals surface area contributed by atoms with Crippen LogP contribution in [0.1, 0.15) is 37.0 Å². The van der Waals surface area contributed by atoms with Gasteiger partial charge in [0.2, 0.25) is 0 Å². The number of ether oxygens (including phenoxy) is 1. The molecule has 1 aromatic carbocycles. The van der Waals surface area contributed by atoms with E-state index in [1.165, 1.54) is 23.9 Å². The van der Waals surface area contributed by atoms with Crippen LogP contribution in [0.25, 0.3) is 10.2 Å². The molecule has 3 aromatic heterocycles. The van der Waals surface area contributed by atoms with E-state index in [1.54, 1.807) is 18.2 Å². The van der Waals surface area contributed by atoms with Crippen molar-refractivity contribution in [3.8, 4) is 5.75 Å². The number of nitrogens with zero attached hydrogens (tertiary/aromatic N) is 3. The maximum atomic E-state index is 13.2. The Morgan fingerprint density at radius 3 is 2.60 bits per heavy atom. The first-order chi connectivity index (χ1) is 16.4. The number of aromatic nitrogens is 3. The van der Waals surface area contributed by atoms with Gasteiger partial charge in [0.25, 0.3) is 11.8 Å². The monoisotopic (exact) mass is 523 g/mol. The lowest BCUT2D eigenvalue weighted by Gasteiger charge is -2.09. The van der Waals surface area contributed by atoms with E-state index in [1.807, 2.05) is 6.92 Å². The van der Waals surface area contributed by atoms with Crippen LogP contribution in [0.3, 0.4) is 0 Å². The summed E-state index contributed by atoms with van der Waals surface area (Å²) in [6.07, 6.45) is -3.15. The van der Waals surface area contributed by atoms with Crippen molar-refractivity contribution in [3.63, 3.8) is 0 Å². The van der Waals surface area contributed by atoms with E-state index < -0.39 is 23.7 Å². The van der Waals surface area contributed by atoms with Crippen LogP contribution in [0.4, 0.5) is 18.9 Å². The number of thiophene rings is 1. The molecule has 0 atom stereocenters. The van der Waals surface area contributed by atoms with Gasteiger partial charge in [-0.15, -0.1) is 11.3 Å². The van der Waals surface area contributed by atoms with Gasteiger partial charge in [-0.1, -0.05) is 11.6 Å². The number of amides is 2. The highest BCUT2D eigenvalue weighted by molar-refractivity contribution is 7.21. The number of rotatable bonds is 6. The third-order valence-corrected chi connectivity index (χ3v) is 6.50. The highest BCUT2D eigenvalue weighted by Gasteiger charge is 2.34. The zero-order chi connectivity index (χ0) is 25.5. The number of fused-ring (bicyclic) bond motifs is 1. The fourth-order valence-electron chi connectivity index (χ4n) is 3.30. The highest BCUT2D eigenvalue weighted by Crippen LogP contribution is 2.39. The molecule has 0 spiro atoms. The van der Waals surface area contributed by atoms with Crippen molar-refractivity contribution in [2.24, 2.45) is 5.73 Å². The van der Waals surface area contributed by atoms with E-state index in [0.717, 1.165) is 11.6 Å². The molecule has 8 nitrogen and oxygen atoms in total. The number of hydrogen-bond donors (Lipinski definition) is 2. The quantitative estimate of drug-likeness (QED) is 0.362. The van der Waals surface area contributed by atoms with Gasteiger partial charge in [0.05, 0.1) is 5.69 Å². The summed E-state index contributed by atoms with van der Waals surface area (Å²) in [5.74, 6) is -1.04. The third kappa shape index (κ3) is 5.08. The highest BCUT2D eigenvalue weighted by atomic mass is 35.5. The molecule has 2 amide bonds. The number of benzene rings is 1. The Morgan fingerprint density at radius 1 is 1.20 bits per heavy atom. The summed E-state index contributed by atoms with van der Waals surface area (Å²) in [7, 11) is 0. The number of nitrogens with one attached hydrogen (secondary N) is 1. The van der Waals surface area contributed by atoms with E-state index in [9.17, 15) is 22.8 Å². The molecule has 35 heavy (non-hydrogen) atoms. The second-order valence-electron chi connectivity index (χ2n) is 7.55. The molecule has 3 heterocycles. The fourth-order valence-corrected chi connectivity index (χ4v) is 4.48. The number of carbonyl (C=O) groups excluding carboxylic acids is 2. The largest absolute Gasteiger partial charge is 0.471 e. The van der Waals surface area contributed by atoms with Crippen molar-refractivity contribution in [2.45, 2.75) is 26.8 Å². The smallest absolute Gasteiger partial charge is 0.433 e. The minimum atomic E-state index is -4.67. The Kier molecular flexibility index (Phi) is 6.43. The molecule has 13 heteroatoms. The molecule has 182 valence electrons. The lowest BCUT2D eigenvalue weighted by Crippen LogP contribution is -2.18. The zero-order valence-corrected chi connectivity index (χ0v) is 19.8. The SMILES string of the molecule is Cc1cc(OCn2ccc(C(=O)Nc3c(C(N)=O)sc4nc(C(F)(F)F)cc(C)c34)n2)ccc1Cl. The van der Waals surface area contributed by atoms with Crippen LogP contribution < -0.4 is 15.8 Å². The summed E-state index contributed by atoms with van der Waals surface area (Å²) in [5.41, 5.74) is 5.31.